The van der Waals surface area contributed by atoms with Gasteiger partial charge in [-0.05, 0) is 43.3 Å². The Morgan fingerprint density at radius 1 is 1.32 bits per heavy atom. The Kier molecular flexibility index (Phi) is 5.75. The normalized spacial score (nSPS) is 13.9. The first-order valence-electron chi connectivity index (χ1n) is 7.10. The Labute approximate surface area is 135 Å². The van der Waals surface area contributed by atoms with Gasteiger partial charge in [0.15, 0.2) is 0 Å². The van der Waals surface area contributed by atoms with Crippen molar-refractivity contribution in [2.24, 2.45) is 0 Å². The zero-order valence-electron chi connectivity index (χ0n) is 12.2. The van der Waals surface area contributed by atoms with Gasteiger partial charge in [0.25, 0.3) is 5.91 Å². The second kappa shape index (κ2) is 7.77. The maximum atomic E-state index is 12.1. The summed E-state index contributed by atoms with van der Waals surface area (Å²) >= 11 is 0. The van der Waals surface area contributed by atoms with Crippen LogP contribution in [-0.4, -0.2) is 35.3 Å². The van der Waals surface area contributed by atoms with Gasteiger partial charge in [0.2, 0.25) is 0 Å². The first-order chi connectivity index (χ1) is 10.3. The van der Waals surface area contributed by atoms with Crippen LogP contribution in [0.25, 0.3) is 5.69 Å². The van der Waals surface area contributed by atoms with E-state index in [1.54, 1.807) is 10.9 Å². The highest BCUT2D eigenvalue weighted by Crippen LogP contribution is 2.09. The van der Waals surface area contributed by atoms with Crippen molar-refractivity contribution in [1.82, 2.24) is 20.4 Å². The molecule has 6 heteroatoms. The fourth-order valence-corrected chi connectivity index (χ4v) is 2.31. The van der Waals surface area contributed by atoms with Crippen molar-refractivity contribution in [1.29, 1.82) is 0 Å². The molecule has 0 radical (unpaired) electrons. The van der Waals surface area contributed by atoms with E-state index in [0.29, 0.717) is 12.1 Å². The van der Waals surface area contributed by atoms with Crippen LogP contribution < -0.4 is 10.6 Å². The Morgan fingerprint density at radius 2 is 2.14 bits per heavy atom. The van der Waals surface area contributed by atoms with Crippen LogP contribution in [-0.2, 0) is 0 Å². The molecule has 3 rings (SSSR count). The minimum Gasteiger partial charge on any atom is -0.348 e. The van der Waals surface area contributed by atoms with Crippen LogP contribution in [0.1, 0.15) is 16.8 Å². The number of hydrogen-bond acceptors (Lipinski definition) is 3. The molecule has 0 spiro atoms. The van der Waals surface area contributed by atoms with E-state index in [-0.39, 0.29) is 18.3 Å². The van der Waals surface area contributed by atoms with Crippen molar-refractivity contribution in [3.05, 3.63) is 59.9 Å². The molecule has 0 aliphatic carbocycles. The van der Waals surface area contributed by atoms with Gasteiger partial charge >= 0.3 is 0 Å². The molecule has 1 aliphatic rings. The molecule has 1 amide bonds. The molecule has 0 saturated heterocycles. The van der Waals surface area contributed by atoms with E-state index in [1.807, 2.05) is 36.5 Å². The SMILES string of the molecule is Cl.O=C(NCC1=CCNCC1)c1ccc(-n2cccn2)cc1. The first-order valence-corrected chi connectivity index (χ1v) is 7.10. The summed E-state index contributed by atoms with van der Waals surface area (Å²) in [4.78, 5) is 12.1. The lowest BCUT2D eigenvalue weighted by atomic mass is 10.1. The molecule has 0 atom stereocenters. The fourth-order valence-electron chi connectivity index (χ4n) is 2.31. The second-order valence-corrected chi connectivity index (χ2v) is 5.00. The van der Waals surface area contributed by atoms with Crippen molar-refractivity contribution in [3.8, 4) is 5.69 Å². The Hall–Kier alpha value is -2.11. The molecular formula is C16H19ClN4O. The molecule has 2 heterocycles. The van der Waals surface area contributed by atoms with E-state index in [0.717, 1.165) is 25.2 Å². The quantitative estimate of drug-likeness (QED) is 0.847. The monoisotopic (exact) mass is 318 g/mol. The summed E-state index contributed by atoms with van der Waals surface area (Å²) in [6.07, 6.45) is 6.75. The van der Waals surface area contributed by atoms with Gasteiger partial charge in [-0.15, -0.1) is 12.4 Å². The Balaban J connectivity index is 0.00000176. The van der Waals surface area contributed by atoms with Crippen molar-refractivity contribution in [2.75, 3.05) is 19.6 Å². The minimum absolute atomic E-state index is 0. The minimum atomic E-state index is -0.0403. The van der Waals surface area contributed by atoms with Gasteiger partial charge in [0.1, 0.15) is 0 Å². The summed E-state index contributed by atoms with van der Waals surface area (Å²) in [5.74, 6) is -0.0403. The predicted octanol–water partition coefficient (Wildman–Crippen LogP) is 1.94. The average Bonchev–Trinajstić information content (AvgIpc) is 3.08. The van der Waals surface area contributed by atoms with Gasteiger partial charge in [-0.25, -0.2) is 4.68 Å². The molecule has 0 fully saturated rings. The molecule has 116 valence electrons. The summed E-state index contributed by atoms with van der Waals surface area (Å²) in [6, 6.07) is 9.30. The molecule has 2 aromatic rings. The fraction of sp³-hybridized carbons (Fsp3) is 0.250. The first kappa shape index (κ1) is 16.3. The zero-order valence-corrected chi connectivity index (χ0v) is 13.0. The lowest BCUT2D eigenvalue weighted by molar-refractivity contribution is 0.0956. The van der Waals surface area contributed by atoms with Crippen LogP contribution in [0.2, 0.25) is 0 Å². The topological polar surface area (TPSA) is 59.0 Å². The van der Waals surface area contributed by atoms with Crippen LogP contribution in [0.15, 0.2) is 54.4 Å². The number of amides is 1. The van der Waals surface area contributed by atoms with Crippen molar-refractivity contribution in [2.45, 2.75) is 6.42 Å². The van der Waals surface area contributed by atoms with Crippen LogP contribution in [0.4, 0.5) is 0 Å². The Morgan fingerprint density at radius 3 is 2.77 bits per heavy atom. The summed E-state index contributed by atoms with van der Waals surface area (Å²) in [7, 11) is 0. The van der Waals surface area contributed by atoms with E-state index < -0.39 is 0 Å². The highest BCUT2D eigenvalue weighted by molar-refractivity contribution is 5.94. The smallest absolute Gasteiger partial charge is 0.251 e. The summed E-state index contributed by atoms with van der Waals surface area (Å²) in [5.41, 5.74) is 2.90. The molecule has 0 unspecified atom stereocenters. The molecule has 1 aromatic heterocycles. The highest BCUT2D eigenvalue weighted by Gasteiger charge is 2.08. The lowest BCUT2D eigenvalue weighted by Crippen LogP contribution is -2.29. The number of halogens is 1. The van der Waals surface area contributed by atoms with E-state index >= 15 is 0 Å². The Bertz CT molecular complexity index is 635. The molecular weight excluding hydrogens is 300 g/mol. The third-order valence-corrected chi connectivity index (χ3v) is 3.53. The van der Waals surface area contributed by atoms with E-state index in [4.69, 9.17) is 0 Å². The van der Waals surface area contributed by atoms with E-state index in [1.165, 1.54) is 5.57 Å². The molecule has 1 aliphatic heterocycles. The van der Waals surface area contributed by atoms with Crippen molar-refractivity contribution < 1.29 is 4.79 Å². The van der Waals surface area contributed by atoms with Gasteiger partial charge in [-0.3, -0.25) is 4.79 Å². The van der Waals surface area contributed by atoms with Gasteiger partial charge in [0, 0.05) is 31.0 Å². The molecule has 1 aromatic carbocycles. The summed E-state index contributed by atoms with van der Waals surface area (Å²) in [5, 5.41) is 10.4. The standard InChI is InChI=1S/C16H18N4O.ClH/c21-16(18-12-13-6-9-17-10-7-13)14-2-4-15(5-3-14)20-11-1-8-19-20;/h1-6,8,11,17H,7,9-10,12H2,(H,18,21);1H. The van der Waals surface area contributed by atoms with E-state index in [2.05, 4.69) is 21.8 Å². The van der Waals surface area contributed by atoms with Gasteiger partial charge < -0.3 is 10.6 Å². The molecule has 5 nitrogen and oxygen atoms in total. The lowest BCUT2D eigenvalue weighted by Gasteiger charge is -2.14. The molecule has 22 heavy (non-hydrogen) atoms. The number of carbonyl (C=O) groups is 1. The van der Waals surface area contributed by atoms with Gasteiger partial charge in [-0.2, -0.15) is 5.10 Å². The number of aromatic nitrogens is 2. The number of nitrogens with zero attached hydrogens (tertiary/aromatic N) is 2. The second-order valence-electron chi connectivity index (χ2n) is 5.00. The van der Waals surface area contributed by atoms with Crippen LogP contribution >= 0.6 is 12.4 Å². The highest BCUT2D eigenvalue weighted by atomic mass is 35.5. The average molecular weight is 319 g/mol. The number of hydrogen-bond donors (Lipinski definition) is 2. The summed E-state index contributed by atoms with van der Waals surface area (Å²) in [6.45, 7) is 2.51. The largest absolute Gasteiger partial charge is 0.348 e. The number of rotatable bonds is 4. The predicted molar refractivity (Wildman–Crippen MR) is 88.7 cm³/mol. The zero-order chi connectivity index (χ0) is 14.5. The third-order valence-electron chi connectivity index (χ3n) is 3.53. The van der Waals surface area contributed by atoms with Crippen LogP contribution in [0.5, 0.6) is 0 Å². The molecule has 0 bridgehead atoms. The third kappa shape index (κ3) is 3.96. The van der Waals surface area contributed by atoms with Crippen LogP contribution in [0, 0.1) is 0 Å². The van der Waals surface area contributed by atoms with Crippen molar-refractivity contribution >= 4 is 18.3 Å². The molecule has 2 N–H and O–H groups in total. The summed E-state index contributed by atoms with van der Waals surface area (Å²) < 4.78 is 1.77. The van der Waals surface area contributed by atoms with Crippen molar-refractivity contribution in [3.63, 3.8) is 0 Å². The van der Waals surface area contributed by atoms with Gasteiger partial charge in [-0.1, -0.05) is 11.6 Å². The van der Waals surface area contributed by atoms with Crippen LogP contribution in [0.3, 0.4) is 0 Å². The number of benzene rings is 1. The van der Waals surface area contributed by atoms with Gasteiger partial charge in [0.05, 0.1) is 5.69 Å². The maximum Gasteiger partial charge on any atom is 0.251 e. The number of nitrogens with one attached hydrogen (secondary N) is 2. The molecule has 0 saturated carbocycles. The van der Waals surface area contributed by atoms with E-state index in [9.17, 15) is 4.79 Å². The maximum absolute atomic E-state index is 12.1. The number of carbonyl (C=O) groups excluding carboxylic acids is 1.